The van der Waals surface area contributed by atoms with Gasteiger partial charge >= 0.3 is 0 Å². The molecule has 1 nitrogen and oxygen atoms in total. The standard InChI is InChI=1S/C29H48O/c1-7-21(19(2)3)9-8-20(4)25-12-13-26-24-11-10-22-18-23(30)14-16-28(22,5)27(24)15-17-29(25,26)6/h7,10,19-20,23-27,30H,8-9,11-18H2,1-6H3/b21-7-/t20-,23-,24+,25-,26+,27+,28+,29-/m1/s1. The Bertz CT molecular complexity index is 686. The summed E-state index contributed by atoms with van der Waals surface area (Å²) < 4.78 is 0. The highest BCUT2D eigenvalue weighted by molar-refractivity contribution is 5.25. The Balaban J connectivity index is 1.49. The molecule has 0 amide bonds. The molecule has 1 heteroatoms. The van der Waals surface area contributed by atoms with Gasteiger partial charge in [0.25, 0.3) is 0 Å². The van der Waals surface area contributed by atoms with Gasteiger partial charge in [0, 0.05) is 0 Å². The van der Waals surface area contributed by atoms with E-state index in [4.69, 9.17) is 0 Å². The van der Waals surface area contributed by atoms with Gasteiger partial charge in [-0.05, 0) is 117 Å². The van der Waals surface area contributed by atoms with Crippen molar-refractivity contribution >= 4 is 0 Å². The molecular formula is C29H48O. The zero-order valence-electron chi connectivity index (χ0n) is 20.7. The van der Waals surface area contributed by atoms with Gasteiger partial charge < -0.3 is 5.11 Å². The lowest BCUT2D eigenvalue weighted by Crippen LogP contribution is -2.50. The number of aliphatic hydroxyl groups excluding tert-OH is 1. The van der Waals surface area contributed by atoms with Crippen molar-refractivity contribution in [1.82, 2.24) is 0 Å². The lowest BCUT2D eigenvalue weighted by atomic mass is 9.47. The largest absolute Gasteiger partial charge is 0.393 e. The Morgan fingerprint density at radius 2 is 1.87 bits per heavy atom. The van der Waals surface area contributed by atoms with Gasteiger partial charge in [-0.25, -0.2) is 0 Å². The predicted molar refractivity (Wildman–Crippen MR) is 128 cm³/mol. The fourth-order valence-electron chi connectivity index (χ4n) is 8.98. The molecule has 0 aromatic carbocycles. The van der Waals surface area contributed by atoms with Crippen LogP contribution in [0.3, 0.4) is 0 Å². The predicted octanol–water partition coefficient (Wildman–Crippen LogP) is 7.94. The molecule has 0 aromatic rings. The van der Waals surface area contributed by atoms with Crippen molar-refractivity contribution in [3.8, 4) is 0 Å². The molecule has 0 saturated heterocycles. The van der Waals surface area contributed by atoms with Crippen molar-refractivity contribution in [2.75, 3.05) is 0 Å². The molecule has 0 bridgehead atoms. The summed E-state index contributed by atoms with van der Waals surface area (Å²) in [5.74, 6) is 5.15. The van der Waals surface area contributed by atoms with Gasteiger partial charge in [-0.15, -0.1) is 0 Å². The maximum absolute atomic E-state index is 10.2. The molecule has 0 aliphatic heterocycles. The number of hydrogen-bond donors (Lipinski definition) is 1. The highest BCUT2D eigenvalue weighted by atomic mass is 16.3. The topological polar surface area (TPSA) is 20.2 Å². The van der Waals surface area contributed by atoms with E-state index in [1.165, 1.54) is 51.4 Å². The van der Waals surface area contributed by atoms with Crippen LogP contribution in [-0.4, -0.2) is 11.2 Å². The Morgan fingerprint density at radius 1 is 1.10 bits per heavy atom. The van der Waals surface area contributed by atoms with Gasteiger partial charge in [0.15, 0.2) is 0 Å². The maximum atomic E-state index is 10.2. The summed E-state index contributed by atoms with van der Waals surface area (Å²) in [7, 11) is 0. The van der Waals surface area contributed by atoms with E-state index in [2.05, 4.69) is 53.7 Å². The molecule has 4 aliphatic rings. The first-order chi connectivity index (χ1) is 14.2. The molecular weight excluding hydrogens is 364 g/mol. The van der Waals surface area contributed by atoms with E-state index in [-0.39, 0.29) is 6.10 Å². The molecule has 0 unspecified atom stereocenters. The summed E-state index contributed by atoms with van der Waals surface area (Å²) in [5.41, 5.74) is 4.21. The minimum Gasteiger partial charge on any atom is -0.393 e. The van der Waals surface area contributed by atoms with Crippen LogP contribution in [0.25, 0.3) is 0 Å². The van der Waals surface area contributed by atoms with Gasteiger partial charge in [0.1, 0.15) is 0 Å². The van der Waals surface area contributed by atoms with Crippen LogP contribution in [0.1, 0.15) is 106 Å². The van der Waals surface area contributed by atoms with Crippen LogP contribution < -0.4 is 0 Å². The Hall–Kier alpha value is -0.560. The third-order valence-electron chi connectivity index (χ3n) is 10.8. The SMILES string of the molecule is C/C=C(/CC[C@@H](C)[C@H]1CC[C@H]2[C@@H]3CC=C4C[C@H](O)CC[C@]4(C)[C@H]3CC[C@]12C)C(C)C. The number of allylic oxidation sites excluding steroid dienone is 3. The van der Waals surface area contributed by atoms with E-state index >= 15 is 0 Å². The monoisotopic (exact) mass is 412 g/mol. The van der Waals surface area contributed by atoms with Crippen LogP contribution >= 0.6 is 0 Å². The molecule has 170 valence electrons. The third-order valence-corrected chi connectivity index (χ3v) is 10.8. The molecule has 0 spiro atoms. The number of rotatable bonds is 5. The van der Waals surface area contributed by atoms with Gasteiger partial charge in [-0.3, -0.25) is 0 Å². The van der Waals surface area contributed by atoms with Crippen LogP contribution in [0.2, 0.25) is 0 Å². The first kappa shape index (κ1) is 22.6. The van der Waals surface area contributed by atoms with E-state index in [0.717, 1.165) is 42.4 Å². The van der Waals surface area contributed by atoms with Gasteiger partial charge in [-0.2, -0.15) is 0 Å². The van der Waals surface area contributed by atoms with Crippen LogP contribution in [0, 0.1) is 46.3 Å². The Morgan fingerprint density at radius 3 is 2.57 bits per heavy atom. The van der Waals surface area contributed by atoms with Gasteiger partial charge in [0.2, 0.25) is 0 Å². The van der Waals surface area contributed by atoms with Gasteiger partial charge in [0.05, 0.1) is 6.10 Å². The van der Waals surface area contributed by atoms with Crippen LogP contribution in [0.5, 0.6) is 0 Å². The molecule has 3 saturated carbocycles. The summed E-state index contributed by atoms with van der Waals surface area (Å²) in [6.45, 7) is 14.7. The lowest BCUT2D eigenvalue weighted by molar-refractivity contribution is -0.0571. The molecule has 3 fully saturated rings. The van der Waals surface area contributed by atoms with E-state index in [9.17, 15) is 5.11 Å². The quantitative estimate of drug-likeness (QED) is 0.454. The average Bonchev–Trinajstić information content (AvgIpc) is 3.06. The van der Waals surface area contributed by atoms with Crippen molar-refractivity contribution in [3.63, 3.8) is 0 Å². The van der Waals surface area contributed by atoms with Crippen molar-refractivity contribution < 1.29 is 5.11 Å². The van der Waals surface area contributed by atoms with Crippen molar-refractivity contribution in [2.24, 2.45) is 46.3 Å². The number of aliphatic hydroxyl groups is 1. The summed E-state index contributed by atoms with van der Waals surface area (Å²) in [6, 6.07) is 0. The van der Waals surface area contributed by atoms with Crippen molar-refractivity contribution in [3.05, 3.63) is 23.3 Å². The first-order valence-corrected chi connectivity index (χ1v) is 13.2. The van der Waals surface area contributed by atoms with E-state index < -0.39 is 0 Å². The van der Waals surface area contributed by atoms with Crippen molar-refractivity contribution in [2.45, 2.75) is 112 Å². The highest BCUT2D eigenvalue weighted by Crippen LogP contribution is 2.67. The third kappa shape index (κ3) is 3.66. The summed E-state index contributed by atoms with van der Waals surface area (Å²) in [4.78, 5) is 0. The summed E-state index contributed by atoms with van der Waals surface area (Å²) in [6.07, 6.45) is 17.8. The lowest BCUT2D eigenvalue weighted by Gasteiger charge is -2.58. The summed E-state index contributed by atoms with van der Waals surface area (Å²) >= 11 is 0. The molecule has 0 radical (unpaired) electrons. The van der Waals surface area contributed by atoms with E-state index in [1.807, 2.05) is 0 Å². The molecule has 0 heterocycles. The number of fused-ring (bicyclic) bond motifs is 5. The zero-order valence-corrected chi connectivity index (χ0v) is 20.7. The van der Waals surface area contributed by atoms with Crippen LogP contribution in [0.15, 0.2) is 23.3 Å². The fourth-order valence-corrected chi connectivity index (χ4v) is 8.98. The zero-order chi connectivity index (χ0) is 21.7. The van der Waals surface area contributed by atoms with E-state index in [0.29, 0.717) is 16.7 Å². The second kappa shape index (κ2) is 8.42. The normalized spacial score (nSPS) is 44.9. The minimum absolute atomic E-state index is 0.0839. The van der Waals surface area contributed by atoms with E-state index in [1.54, 1.807) is 11.1 Å². The second-order valence-corrected chi connectivity index (χ2v) is 12.4. The molecule has 1 N–H and O–H groups in total. The molecule has 4 aliphatic carbocycles. The van der Waals surface area contributed by atoms with Gasteiger partial charge in [-0.1, -0.05) is 57.9 Å². The molecule has 4 rings (SSSR count). The fraction of sp³-hybridized carbons (Fsp3) is 0.862. The summed E-state index contributed by atoms with van der Waals surface area (Å²) in [5, 5.41) is 10.2. The van der Waals surface area contributed by atoms with Crippen molar-refractivity contribution in [1.29, 1.82) is 0 Å². The Kier molecular flexibility index (Phi) is 6.35. The maximum Gasteiger partial charge on any atom is 0.0577 e. The molecule has 30 heavy (non-hydrogen) atoms. The second-order valence-electron chi connectivity index (χ2n) is 12.4. The molecule has 0 aromatic heterocycles. The highest BCUT2D eigenvalue weighted by Gasteiger charge is 2.59. The number of hydrogen-bond acceptors (Lipinski definition) is 1. The minimum atomic E-state index is -0.0839. The van der Waals surface area contributed by atoms with Crippen LogP contribution in [0.4, 0.5) is 0 Å². The van der Waals surface area contributed by atoms with Crippen LogP contribution in [-0.2, 0) is 0 Å². The first-order valence-electron chi connectivity index (χ1n) is 13.2. The average molecular weight is 413 g/mol. The Labute approximate surface area is 186 Å². The molecule has 8 atom stereocenters. The smallest absolute Gasteiger partial charge is 0.0577 e.